The molecule has 106 valence electrons. The highest BCUT2D eigenvalue weighted by atomic mass is 16.5. The Hall–Kier alpha value is -2.82. The topological polar surface area (TPSA) is 55.6 Å². The van der Waals surface area contributed by atoms with Crippen molar-refractivity contribution in [3.63, 3.8) is 0 Å². The molecule has 5 nitrogen and oxygen atoms in total. The third kappa shape index (κ3) is 3.02. The van der Waals surface area contributed by atoms with Crippen LogP contribution in [-0.2, 0) is 11.2 Å². The Morgan fingerprint density at radius 2 is 2.05 bits per heavy atom. The quantitative estimate of drug-likeness (QED) is 0.799. The highest BCUT2D eigenvalue weighted by Crippen LogP contribution is 2.13. The summed E-state index contributed by atoms with van der Waals surface area (Å²) < 4.78 is 6.95. The first-order valence-corrected chi connectivity index (χ1v) is 6.61. The highest BCUT2D eigenvalue weighted by Gasteiger charge is 2.07. The summed E-state index contributed by atoms with van der Waals surface area (Å²) in [5.41, 5.74) is 1.73. The predicted molar refractivity (Wildman–Crippen MR) is 80.5 cm³/mol. The molecule has 0 radical (unpaired) electrons. The van der Waals surface area contributed by atoms with Gasteiger partial charge in [-0.05, 0) is 29.8 Å². The average molecular weight is 281 g/mol. The largest absolute Gasteiger partial charge is 0.497 e. The van der Waals surface area contributed by atoms with E-state index in [1.165, 1.54) is 0 Å². The number of hydrogen-bond donors (Lipinski definition) is 1. The molecule has 1 N–H and O–H groups in total. The van der Waals surface area contributed by atoms with E-state index in [4.69, 9.17) is 4.74 Å². The summed E-state index contributed by atoms with van der Waals surface area (Å²) in [5.74, 6) is 1.24. The van der Waals surface area contributed by atoms with E-state index in [1.807, 2.05) is 53.1 Å². The molecule has 0 bridgehead atoms. The fourth-order valence-electron chi connectivity index (χ4n) is 2.11. The van der Waals surface area contributed by atoms with E-state index in [9.17, 15) is 4.79 Å². The Balaban J connectivity index is 1.67. The van der Waals surface area contributed by atoms with Gasteiger partial charge in [-0.15, -0.1) is 0 Å². The molecule has 0 spiro atoms. The van der Waals surface area contributed by atoms with Gasteiger partial charge in [0.2, 0.25) is 5.91 Å². The maximum Gasteiger partial charge on any atom is 0.229 e. The van der Waals surface area contributed by atoms with E-state index in [1.54, 1.807) is 13.3 Å². The molecule has 5 heteroatoms. The highest BCUT2D eigenvalue weighted by molar-refractivity contribution is 5.91. The summed E-state index contributed by atoms with van der Waals surface area (Å²) in [6, 6.07) is 13.1. The van der Waals surface area contributed by atoms with Crippen LogP contribution in [0.25, 0.3) is 5.65 Å². The van der Waals surface area contributed by atoms with E-state index in [-0.39, 0.29) is 5.91 Å². The summed E-state index contributed by atoms with van der Waals surface area (Å²) in [7, 11) is 1.62. The van der Waals surface area contributed by atoms with E-state index in [0.717, 1.165) is 17.0 Å². The molecule has 2 heterocycles. The van der Waals surface area contributed by atoms with Gasteiger partial charge in [0.05, 0.1) is 19.7 Å². The van der Waals surface area contributed by atoms with Crippen LogP contribution >= 0.6 is 0 Å². The monoisotopic (exact) mass is 281 g/mol. The fraction of sp³-hybridized carbons (Fsp3) is 0.125. The van der Waals surface area contributed by atoms with Crippen LogP contribution < -0.4 is 10.1 Å². The molecule has 1 amide bonds. The van der Waals surface area contributed by atoms with E-state index in [2.05, 4.69) is 10.3 Å². The minimum atomic E-state index is -0.0939. The molecule has 0 atom stereocenters. The molecular formula is C16H15N3O2. The number of carbonyl (C=O) groups excluding carboxylic acids is 1. The van der Waals surface area contributed by atoms with Crippen molar-refractivity contribution in [2.24, 2.45) is 0 Å². The summed E-state index contributed by atoms with van der Waals surface area (Å²) in [6.07, 6.45) is 3.99. The van der Waals surface area contributed by atoms with Crippen molar-refractivity contribution in [1.29, 1.82) is 0 Å². The van der Waals surface area contributed by atoms with Crippen LogP contribution in [0.3, 0.4) is 0 Å². The Morgan fingerprint density at radius 3 is 2.76 bits per heavy atom. The zero-order chi connectivity index (χ0) is 14.7. The molecule has 0 aliphatic heterocycles. The number of nitrogens with zero attached hydrogens (tertiary/aromatic N) is 2. The van der Waals surface area contributed by atoms with Gasteiger partial charge in [-0.1, -0.05) is 18.2 Å². The van der Waals surface area contributed by atoms with Gasteiger partial charge >= 0.3 is 0 Å². The molecule has 1 aromatic carbocycles. The van der Waals surface area contributed by atoms with Crippen LogP contribution in [0, 0.1) is 0 Å². The number of pyridine rings is 1. The fourth-order valence-corrected chi connectivity index (χ4v) is 2.11. The van der Waals surface area contributed by atoms with Gasteiger partial charge < -0.3 is 14.5 Å². The summed E-state index contributed by atoms with van der Waals surface area (Å²) in [4.78, 5) is 16.4. The number of fused-ring (bicyclic) bond motifs is 1. The van der Waals surface area contributed by atoms with Crippen molar-refractivity contribution < 1.29 is 9.53 Å². The SMILES string of the molecule is COc1ccc(CC(=O)Nc2cn3ccccc3n2)cc1. The number of anilines is 1. The number of hydrogen-bond acceptors (Lipinski definition) is 3. The minimum Gasteiger partial charge on any atom is -0.497 e. The van der Waals surface area contributed by atoms with Crippen molar-refractivity contribution in [2.45, 2.75) is 6.42 Å². The number of rotatable bonds is 4. The number of amides is 1. The van der Waals surface area contributed by atoms with Crippen molar-refractivity contribution in [3.05, 3.63) is 60.4 Å². The maximum absolute atomic E-state index is 12.0. The molecule has 3 rings (SSSR count). The van der Waals surface area contributed by atoms with Gasteiger partial charge in [0.25, 0.3) is 0 Å². The van der Waals surface area contributed by atoms with Crippen LogP contribution in [0.2, 0.25) is 0 Å². The summed E-state index contributed by atoms with van der Waals surface area (Å²) in [5, 5.41) is 2.81. The number of nitrogens with one attached hydrogen (secondary N) is 1. The third-order valence-electron chi connectivity index (χ3n) is 3.16. The Morgan fingerprint density at radius 1 is 1.24 bits per heavy atom. The first-order chi connectivity index (χ1) is 10.2. The Bertz CT molecular complexity index is 730. The zero-order valence-corrected chi connectivity index (χ0v) is 11.6. The molecule has 2 aromatic heterocycles. The van der Waals surface area contributed by atoms with Gasteiger partial charge in [0.15, 0.2) is 5.82 Å². The minimum absolute atomic E-state index is 0.0939. The second kappa shape index (κ2) is 5.66. The third-order valence-corrected chi connectivity index (χ3v) is 3.16. The van der Waals surface area contributed by atoms with Gasteiger partial charge in [-0.2, -0.15) is 0 Å². The van der Waals surface area contributed by atoms with Gasteiger partial charge in [0.1, 0.15) is 11.4 Å². The molecule has 21 heavy (non-hydrogen) atoms. The van der Waals surface area contributed by atoms with Crippen LogP contribution in [0.15, 0.2) is 54.9 Å². The Kier molecular flexibility index (Phi) is 3.55. The van der Waals surface area contributed by atoms with Gasteiger partial charge in [-0.3, -0.25) is 4.79 Å². The van der Waals surface area contributed by atoms with Gasteiger partial charge in [0, 0.05) is 6.20 Å². The predicted octanol–water partition coefficient (Wildman–Crippen LogP) is 2.52. The van der Waals surface area contributed by atoms with Crippen LogP contribution in [0.5, 0.6) is 5.75 Å². The van der Waals surface area contributed by atoms with Crippen LogP contribution in [0.1, 0.15) is 5.56 Å². The van der Waals surface area contributed by atoms with Crippen LogP contribution in [0.4, 0.5) is 5.82 Å². The van der Waals surface area contributed by atoms with Crippen molar-refractivity contribution in [2.75, 3.05) is 12.4 Å². The number of imidazole rings is 1. The second-order valence-electron chi connectivity index (χ2n) is 4.67. The van der Waals surface area contributed by atoms with Crippen molar-refractivity contribution in [1.82, 2.24) is 9.38 Å². The molecule has 3 aromatic rings. The number of methoxy groups -OCH3 is 1. The van der Waals surface area contributed by atoms with Crippen LogP contribution in [-0.4, -0.2) is 22.4 Å². The molecular weight excluding hydrogens is 266 g/mol. The lowest BCUT2D eigenvalue weighted by Crippen LogP contribution is -2.14. The first-order valence-electron chi connectivity index (χ1n) is 6.61. The second-order valence-corrected chi connectivity index (χ2v) is 4.67. The molecule has 0 saturated carbocycles. The van der Waals surface area contributed by atoms with Gasteiger partial charge in [-0.25, -0.2) is 4.98 Å². The molecule has 0 aliphatic rings. The maximum atomic E-state index is 12.0. The number of aromatic nitrogens is 2. The molecule has 0 unspecified atom stereocenters. The zero-order valence-electron chi connectivity index (χ0n) is 11.6. The Labute approximate surface area is 122 Å². The first kappa shape index (κ1) is 13.2. The lowest BCUT2D eigenvalue weighted by atomic mass is 10.1. The molecule has 0 fully saturated rings. The number of benzene rings is 1. The average Bonchev–Trinajstić information content (AvgIpc) is 2.90. The number of ether oxygens (including phenoxy) is 1. The van der Waals surface area contributed by atoms with E-state index < -0.39 is 0 Å². The lowest BCUT2D eigenvalue weighted by Gasteiger charge is -2.03. The molecule has 0 aliphatic carbocycles. The summed E-state index contributed by atoms with van der Waals surface area (Å²) in [6.45, 7) is 0. The normalized spacial score (nSPS) is 10.5. The number of carbonyl (C=O) groups is 1. The standard InChI is InChI=1S/C16H15N3O2/c1-21-13-7-5-12(6-8-13)10-16(20)18-14-11-19-9-3-2-4-15(19)17-14/h2-9,11H,10H2,1H3,(H,18,20). The summed E-state index contributed by atoms with van der Waals surface area (Å²) >= 11 is 0. The van der Waals surface area contributed by atoms with E-state index >= 15 is 0 Å². The lowest BCUT2D eigenvalue weighted by molar-refractivity contribution is -0.115. The smallest absolute Gasteiger partial charge is 0.229 e. The van der Waals surface area contributed by atoms with E-state index in [0.29, 0.717) is 12.2 Å². The van der Waals surface area contributed by atoms with Crippen molar-refractivity contribution in [3.8, 4) is 5.75 Å². The molecule has 0 saturated heterocycles. The van der Waals surface area contributed by atoms with Crippen molar-refractivity contribution >= 4 is 17.4 Å².